The normalized spacial score (nSPS) is 10.3. The number of nitrogens with zero attached hydrogens (tertiary/aromatic N) is 3. The molecule has 0 unspecified atom stereocenters. The molecule has 25 heavy (non-hydrogen) atoms. The van der Waals surface area contributed by atoms with E-state index in [2.05, 4.69) is 20.7 Å². The highest BCUT2D eigenvalue weighted by Crippen LogP contribution is 2.09. The van der Waals surface area contributed by atoms with Crippen molar-refractivity contribution < 1.29 is 9.59 Å². The van der Waals surface area contributed by atoms with Gasteiger partial charge in [0.15, 0.2) is 0 Å². The monoisotopic (exact) mass is 335 g/mol. The fourth-order valence-corrected chi connectivity index (χ4v) is 2.36. The van der Waals surface area contributed by atoms with Gasteiger partial charge < -0.3 is 10.6 Å². The van der Waals surface area contributed by atoms with Crippen molar-refractivity contribution in [3.63, 3.8) is 0 Å². The Morgan fingerprint density at radius 3 is 2.52 bits per heavy atom. The van der Waals surface area contributed by atoms with E-state index in [9.17, 15) is 9.59 Å². The Hall–Kier alpha value is -3.48. The first-order valence-electron chi connectivity index (χ1n) is 7.71. The zero-order valence-electron chi connectivity index (χ0n) is 13.6. The van der Waals surface area contributed by atoms with E-state index >= 15 is 0 Å². The maximum absolute atomic E-state index is 12.3. The SMILES string of the molecule is CNC(=O)c1cccc(CNC(=O)c2ccc(-n3cncn3)cc2)c1. The standard InChI is InChI=1S/C18H17N5O2/c1-19-17(24)15-4-2-3-13(9-15)10-21-18(25)14-5-7-16(8-6-14)23-12-20-11-22-23/h2-9,11-12H,10H2,1H3,(H,19,24)(H,21,25). The number of carbonyl (C=O) groups is 2. The molecule has 3 aromatic rings. The summed E-state index contributed by atoms with van der Waals surface area (Å²) in [5.74, 6) is -0.340. The number of aromatic nitrogens is 3. The van der Waals surface area contributed by atoms with Gasteiger partial charge in [-0.3, -0.25) is 9.59 Å². The highest BCUT2D eigenvalue weighted by Gasteiger charge is 2.08. The second-order valence-electron chi connectivity index (χ2n) is 5.35. The Morgan fingerprint density at radius 1 is 1.04 bits per heavy atom. The van der Waals surface area contributed by atoms with Crippen LogP contribution in [-0.2, 0) is 6.54 Å². The molecule has 1 aromatic heterocycles. The lowest BCUT2D eigenvalue weighted by Crippen LogP contribution is -2.23. The Labute approximate surface area is 144 Å². The molecule has 2 amide bonds. The summed E-state index contributed by atoms with van der Waals surface area (Å²) in [4.78, 5) is 27.8. The molecule has 0 fully saturated rings. The average molecular weight is 335 g/mol. The minimum Gasteiger partial charge on any atom is -0.355 e. The molecule has 0 saturated carbocycles. The summed E-state index contributed by atoms with van der Waals surface area (Å²) in [7, 11) is 1.58. The molecule has 0 radical (unpaired) electrons. The Balaban J connectivity index is 1.64. The third-order valence-electron chi connectivity index (χ3n) is 3.68. The van der Waals surface area contributed by atoms with Crippen molar-refractivity contribution in [2.75, 3.05) is 7.05 Å². The van der Waals surface area contributed by atoms with Gasteiger partial charge in [-0.1, -0.05) is 12.1 Å². The lowest BCUT2D eigenvalue weighted by molar-refractivity contribution is 0.0948. The van der Waals surface area contributed by atoms with Crippen LogP contribution in [0.2, 0.25) is 0 Å². The van der Waals surface area contributed by atoms with Crippen LogP contribution < -0.4 is 10.6 Å². The summed E-state index contributed by atoms with van der Waals surface area (Å²) in [5, 5.41) is 9.47. The van der Waals surface area contributed by atoms with Crippen molar-refractivity contribution in [1.29, 1.82) is 0 Å². The zero-order chi connectivity index (χ0) is 17.6. The van der Waals surface area contributed by atoms with E-state index in [4.69, 9.17) is 0 Å². The Morgan fingerprint density at radius 2 is 1.84 bits per heavy atom. The molecule has 1 heterocycles. The summed E-state index contributed by atoms with van der Waals surface area (Å²) < 4.78 is 1.62. The van der Waals surface area contributed by atoms with Gasteiger partial charge in [0.2, 0.25) is 0 Å². The summed E-state index contributed by atoms with van der Waals surface area (Å²) in [6.45, 7) is 0.342. The molecule has 0 saturated heterocycles. The lowest BCUT2D eigenvalue weighted by atomic mass is 10.1. The first-order chi connectivity index (χ1) is 12.2. The molecule has 3 rings (SSSR count). The number of hydrogen-bond donors (Lipinski definition) is 2. The molecule has 2 aromatic carbocycles. The molecular weight excluding hydrogens is 318 g/mol. The third kappa shape index (κ3) is 3.89. The van der Waals surface area contributed by atoms with Crippen LogP contribution in [0, 0.1) is 0 Å². The zero-order valence-corrected chi connectivity index (χ0v) is 13.6. The molecule has 0 aliphatic rings. The molecule has 0 atom stereocenters. The average Bonchev–Trinajstić information content (AvgIpc) is 3.20. The maximum atomic E-state index is 12.3. The van der Waals surface area contributed by atoms with Gasteiger partial charge in [0.25, 0.3) is 11.8 Å². The Kier molecular flexibility index (Phi) is 4.84. The van der Waals surface area contributed by atoms with Crippen LogP contribution >= 0.6 is 0 Å². The van der Waals surface area contributed by atoms with Gasteiger partial charge in [0.1, 0.15) is 12.7 Å². The van der Waals surface area contributed by atoms with Crippen molar-refractivity contribution in [2.24, 2.45) is 0 Å². The van der Waals surface area contributed by atoms with Gasteiger partial charge in [0.05, 0.1) is 5.69 Å². The van der Waals surface area contributed by atoms with Crippen LogP contribution in [0.25, 0.3) is 5.69 Å². The van der Waals surface area contributed by atoms with Gasteiger partial charge in [-0.2, -0.15) is 5.10 Å². The van der Waals surface area contributed by atoms with E-state index < -0.39 is 0 Å². The van der Waals surface area contributed by atoms with E-state index in [0.717, 1.165) is 11.3 Å². The quantitative estimate of drug-likeness (QED) is 0.740. The summed E-state index contributed by atoms with van der Waals surface area (Å²) in [6, 6.07) is 14.2. The third-order valence-corrected chi connectivity index (χ3v) is 3.68. The fraction of sp³-hybridized carbons (Fsp3) is 0.111. The molecule has 0 spiro atoms. The second-order valence-corrected chi connectivity index (χ2v) is 5.35. The molecule has 0 aliphatic heterocycles. The van der Waals surface area contributed by atoms with Gasteiger partial charge in [-0.15, -0.1) is 0 Å². The smallest absolute Gasteiger partial charge is 0.251 e. The molecule has 126 valence electrons. The molecule has 0 bridgehead atoms. The van der Waals surface area contributed by atoms with Gasteiger partial charge in [0, 0.05) is 24.7 Å². The fourth-order valence-electron chi connectivity index (χ4n) is 2.36. The number of nitrogens with one attached hydrogen (secondary N) is 2. The van der Waals surface area contributed by atoms with Crippen molar-refractivity contribution in [2.45, 2.75) is 6.54 Å². The number of amides is 2. The summed E-state index contributed by atoms with van der Waals surface area (Å²) in [6.07, 6.45) is 3.04. The van der Waals surface area contributed by atoms with Crippen molar-refractivity contribution in [3.8, 4) is 5.69 Å². The highest BCUT2D eigenvalue weighted by molar-refractivity contribution is 5.95. The van der Waals surface area contributed by atoms with E-state index in [1.165, 1.54) is 6.33 Å². The van der Waals surface area contributed by atoms with E-state index in [-0.39, 0.29) is 11.8 Å². The predicted molar refractivity (Wildman–Crippen MR) is 92.4 cm³/mol. The van der Waals surface area contributed by atoms with Crippen LogP contribution in [0.4, 0.5) is 0 Å². The highest BCUT2D eigenvalue weighted by atomic mass is 16.2. The molecule has 7 nitrogen and oxygen atoms in total. The Bertz CT molecular complexity index is 873. The van der Waals surface area contributed by atoms with Crippen LogP contribution in [0.3, 0.4) is 0 Å². The maximum Gasteiger partial charge on any atom is 0.251 e. The van der Waals surface area contributed by atoms with E-state index in [1.54, 1.807) is 60.5 Å². The van der Waals surface area contributed by atoms with Crippen molar-refractivity contribution in [1.82, 2.24) is 25.4 Å². The second kappa shape index (κ2) is 7.39. The summed E-state index contributed by atoms with van der Waals surface area (Å²) in [5.41, 5.74) is 2.79. The topological polar surface area (TPSA) is 88.9 Å². The van der Waals surface area contributed by atoms with Crippen LogP contribution in [0.15, 0.2) is 61.2 Å². The number of rotatable bonds is 5. The van der Waals surface area contributed by atoms with Gasteiger partial charge >= 0.3 is 0 Å². The summed E-state index contributed by atoms with van der Waals surface area (Å²) >= 11 is 0. The van der Waals surface area contributed by atoms with Crippen molar-refractivity contribution in [3.05, 3.63) is 77.9 Å². The van der Waals surface area contributed by atoms with E-state index in [1.807, 2.05) is 6.07 Å². The predicted octanol–water partition coefficient (Wildman–Crippen LogP) is 1.56. The molecule has 7 heteroatoms. The number of hydrogen-bond acceptors (Lipinski definition) is 4. The first kappa shape index (κ1) is 16.4. The van der Waals surface area contributed by atoms with Crippen LogP contribution in [0.5, 0.6) is 0 Å². The van der Waals surface area contributed by atoms with Crippen molar-refractivity contribution >= 4 is 11.8 Å². The van der Waals surface area contributed by atoms with Crippen LogP contribution in [-0.4, -0.2) is 33.6 Å². The molecule has 2 N–H and O–H groups in total. The van der Waals surface area contributed by atoms with E-state index in [0.29, 0.717) is 17.7 Å². The largest absolute Gasteiger partial charge is 0.355 e. The number of carbonyl (C=O) groups excluding carboxylic acids is 2. The number of benzene rings is 2. The van der Waals surface area contributed by atoms with Crippen LogP contribution in [0.1, 0.15) is 26.3 Å². The van der Waals surface area contributed by atoms with Gasteiger partial charge in [-0.05, 0) is 42.0 Å². The molecular formula is C18H17N5O2. The first-order valence-corrected chi connectivity index (χ1v) is 7.71. The van der Waals surface area contributed by atoms with Gasteiger partial charge in [-0.25, -0.2) is 9.67 Å². The minimum atomic E-state index is -0.185. The lowest BCUT2D eigenvalue weighted by Gasteiger charge is -2.08. The molecule has 0 aliphatic carbocycles. The minimum absolute atomic E-state index is 0.156.